The molecular formula is C17H24N2. The summed E-state index contributed by atoms with van der Waals surface area (Å²) in [5.41, 5.74) is 5.66. The molecule has 1 aromatic carbocycles. The maximum absolute atomic E-state index is 3.66. The van der Waals surface area contributed by atoms with Crippen LogP contribution < -0.4 is 5.32 Å². The fourth-order valence-electron chi connectivity index (χ4n) is 3.37. The second-order valence-electron chi connectivity index (χ2n) is 5.77. The van der Waals surface area contributed by atoms with Crippen molar-refractivity contribution in [2.45, 2.75) is 52.0 Å². The van der Waals surface area contributed by atoms with Crippen LogP contribution in [0.3, 0.4) is 0 Å². The van der Waals surface area contributed by atoms with Crippen LogP contribution in [0.15, 0.2) is 18.2 Å². The molecule has 0 spiro atoms. The van der Waals surface area contributed by atoms with Gasteiger partial charge in [-0.2, -0.15) is 0 Å². The van der Waals surface area contributed by atoms with Crippen LogP contribution in [0, 0.1) is 6.92 Å². The number of aryl methyl sites for hydroxylation is 2. The molecule has 2 heterocycles. The third-order valence-corrected chi connectivity index (χ3v) is 4.48. The Morgan fingerprint density at radius 2 is 2.16 bits per heavy atom. The number of para-hydroxylation sites is 1. The van der Waals surface area contributed by atoms with Crippen molar-refractivity contribution in [3.63, 3.8) is 0 Å². The fourth-order valence-corrected chi connectivity index (χ4v) is 3.37. The Kier molecular flexibility index (Phi) is 3.61. The maximum atomic E-state index is 3.66. The average molecular weight is 256 g/mol. The van der Waals surface area contributed by atoms with E-state index in [0.29, 0.717) is 6.04 Å². The van der Waals surface area contributed by atoms with E-state index in [9.17, 15) is 0 Å². The highest BCUT2D eigenvalue weighted by Gasteiger charge is 2.17. The van der Waals surface area contributed by atoms with E-state index < -0.39 is 0 Å². The van der Waals surface area contributed by atoms with Gasteiger partial charge in [0.05, 0.1) is 0 Å². The van der Waals surface area contributed by atoms with Crippen LogP contribution >= 0.6 is 0 Å². The Hall–Kier alpha value is -1.28. The Morgan fingerprint density at radius 1 is 1.26 bits per heavy atom. The van der Waals surface area contributed by atoms with E-state index >= 15 is 0 Å². The van der Waals surface area contributed by atoms with Crippen molar-refractivity contribution >= 4 is 10.9 Å². The van der Waals surface area contributed by atoms with Gasteiger partial charge in [-0.1, -0.05) is 31.5 Å². The number of hydrogen-bond acceptors (Lipinski definition) is 1. The van der Waals surface area contributed by atoms with Crippen molar-refractivity contribution in [3.05, 3.63) is 35.0 Å². The highest BCUT2D eigenvalue weighted by Crippen LogP contribution is 2.27. The molecule has 19 heavy (non-hydrogen) atoms. The number of aromatic amines is 1. The molecule has 2 N–H and O–H groups in total. The summed E-state index contributed by atoms with van der Waals surface area (Å²) in [5.74, 6) is 0. The molecule has 1 unspecified atom stereocenters. The van der Waals surface area contributed by atoms with Gasteiger partial charge >= 0.3 is 0 Å². The number of hydrogen-bond donors (Lipinski definition) is 2. The molecule has 0 aliphatic carbocycles. The van der Waals surface area contributed by atoms with Gasteiger partial charge < -0.3 is 10.3 Å². The lowest BCUT2D eigenvalue weighted by atomic mass is 9.95. The first-order chi connectivity index (χ1) is 9.29. The van der Waals surface area contributed by atoms with Gasteiger partial charge in [-0.05, 0) is 50.3 Å². The Bertz CT molecular complexity index is 562. The largest absolute Gasteiger partial charge is 0.358 e. The average Bonchev–Trinajstić information content (AvgIpc) is 2.76. The minimum Gasteiger partial charge on any atom is -0.358 e. The summed E-state index contributed by atoms with van der Waals surface area (Å²) in [6.07, 6.45) is 6.29. The first-order valence-corrected chi connectivity index (χ1v) is 7.62. The van der Waals surface area contributed by atoms with Crippen LogP contribution in [-0.4, -0.2) is 17.6 Å². The van der Waals surface area contributed by atoms with Crippen molar-refractivity contribution in [2.75, 3.05) is 6.54 Å². The summed E-state index contributed by atoms with van der Waals surface area (Å²) < 4.78 is 0. The molecule has 2 heteroatoms. The maximum Gasteiger partial charge on any atom is 0.0491 e. The van der Waals surface area contributed by atoms with E-state index in [0.717, 1.165) is 6.42 Å². The van der Waals surface area contributed by atoms with Gasteiger partial charge in [0.1, 0.15) is 0 Å². The summed E-state index contributed by atoms with van der Waals surface area (Å²) in [4.78, 5) is 3.61. The summed E-state index contributed by atoms with van der Waals surface area (Å²) in [5, 5.41) is 5.10. The quantitative estimate of drug-likeness (QED) is 0.860. The molecule has 0 amide bonds. The second kappa shape index (κ2) is 5.38. The lowest BCUT2D eigenvalue weighted by molar-refractivity contribution is 0.399. The van der Waals surface area contributed by atoms with E-state index in [4.69, 9.17) is 0 Å². The van der Waals surface area contributed by atoms with Crippen LogP contribution in [0.25, 0.3) is 10.9 Å². The van der Waals surface area contributed by atoms with Gasteiger partial charge in [0, 0.05) is 22.6 Å². The number of aromatic nitrogens is 1. The minimum absolute atomic E-state index is 0.664. The molecule has 102 valence electrons. The Balaban J connectivity index is 1.96. The van der Waals surface area contributed by atoms with Crippen molar-refractivity contribution < 1.29 is 0 Å². The summed E-state index contributed by atoms with van der Waals surface area (Å²) in [6.45, 7) is 5.64. The molecule has 1 aliphatic rings. The van der Waals surface area contributed by atoms with Crippen LogP contribution in [-0.2, 0) is 12.8 Å². The van der Waals surface area contributed by atoms with Crippen molar-refractivity contribution in [1.29, 1.82) is 0 Å². The van der Waals surface area contributed by atoms with Gasteiger partial charge in [-0.3, -0.25) is 0 Å². The van der Waals surface area contributed by atoms with Gasteiger partial charge in [0.25, 0.3) is 0 Å². The smallest absolute Gasteiger partial charge is 0.0491 e. The van der Waals surface area contributed by atoms with E-state index in [1.165, 1.54) is 60.0 Å². The Morgan fingerprint density at radius 3 is 2.89 bits per heavy atom. The van der Waals surface area contributed by atoms with E-state index in [-0.39, 0.29) is 0 Å². The number of H-pyrrole nitrogens is 1. The Labute approximate surface area is 115 Å². The molecule has 1 saturated heterocycles. The van der Waals surface area contributed by atoms with Crippen LogP contribution in [0.4, 0.5) is 0 Å². The molecule has 2 nitrogen and oxygen atoms in total. The second-order valence-corrected chi connectivity index (χ2v) is 5.77. The minimum atomic E-state index is 0.664. The molecule has 0 bridgehead atoms. The number of nitrogens with one attached hydrogen (secondary N) is 2. The number of rotatable bonds is 3. The van der Waals surface area contributed by atoms with Crippen LogP contribution in [0.5, 0.6) is 0 Å². The molecule has 1 aliphatic heterocycles. The summed E-state index contributed by atoms with van der Waals surface area (Å²) in [6, 6.07) is 7.38. The van der Waals surface area contributed by atoms with Gasteiger partial charge in [0.2, 0.25) is 0 Å². The fraction of sp³-hybridized carbons (Fsp3) is 0.529. The standard InChI is InChI=1S/C17H24N2/c1-3-13-7-6-9-15-16(12(2)19-17(13)15)11-14-8-4-5-10-18-14/h6-7,9,14,18-19H,3-5,8,10-11H2,1-2H3. The SMILES string of the molecule is CCc1cccc2c(CC3CCCCN3)c(C)[nH]c12. The van der Waals surface area contributed by atoms with Gasteiger partial charge in [-0.25, -0.2) is 0 Å². The molecule has 1 aromatic heterocycles. The number of fused-ring (bicyclic) bond motifs is 1. The lowest BCUT2D eigenvalue weighted by Crippen LogP contribution is -2.35. The number of benzene rings is 1. The highest BCUT2D eigenvalue weighted by molar-refractivity contribution is 5.87. The molecule has 3 rings (SSSR count). The van der Waals surface area contributed by atoms with E-state index in [2.05, 4.69) is 42.3 Å². The lowest BCUT2D eigenvalue weighted by Gasteiger charge is -2.23. The molecule has 1 fully saturated rings. The van der Waals surface area contributed by atoms with E-state index in [1.807, 2.05) is 0 Å². The van der Waals surface area contributed by atoms with Crippen LogP contribution in [0.1, 0.15) is 43.0 Å². The topological polar surface area (TPSA) is 27.8 Å². The monoisotopic (exact) mass is 256 g/mol. The van der Waals surface area contributed by atoms with Crippen molar-refractivity contribution in [1.82, 2.24) is 10.3 Å². The molecule has 1 atom stereocenters. The summed E-state index contributed by atoms with van der Waals surface area (Å²) >= 11 is 0. The van der Waals surface area contributed by atoms with Crippen LogP contribution in [0.2, 0.25) is 0 Å². The molecular weight excluding hydrogens is 232 g/mol. The van der Waals surface area contributed by atoms with Gasteiger partial charge in [-0.15, -0.1) is 0 Å². The first kappa shape index (κ1) is 12.7. The predicted molar refractivity (Wildman–Crippen MR) is 81.8 cm³/mol. The van der Waals surface area contributed by atoms with Crippen molar-refractivity contribution in [3.8, 4) is 0 Å². The zero-order valence-electron chi connectivity index (χ0n) is 12.1. The molecule has 0 saturated carbocycles. The zero-order valence-corrected chi connectivity index (χ0v) is 12.1. The molecule has 0 radical (unpaired) electrons. The third kappa shape index (κ3) is 2.42. The first-order valence-electron chi connectivity index (χ1n) is 7.62. The highest BCUT2D eigenvalue weighted by atomic mass is 14.9. The molecule has 2 aromatic rings. The zero-order chi connectivity index (χ0) is 13.2. The van der Waals surface area contributed by atoms with E-state index in [1.54, 1.807) is 0 Å². The normalized spacial score (nSPS) is 20.0. The third-order valence-electron chi connectivity index (χ3n) is 4.48. The van der Waals surface area contributed by atoms with Gasteiger partial charge in [0.15, 0.2) is 0 Å². The van der Waals surface area contributed by atoms with Crippen molar-refractivity contribution in [2.24, 2.45) is 0 Å². The predicted octanol–water partition coefficient (Wildman–Crippen LogP) is 3.72. The number of piperidine rings is 1. The summed E-state index contributed by atoms with van der Waals surface area (Å²) in [7, 11) is 0.